The summed E-state index contributed by atoms with van der Waals surface area (Å²) in [4.78, 5) is 2.57. The Morgan fingerprint density at radius 3 is 2.73 bits per heavy atom. The second-order valence-corrected chi connectivity index (χ2v) is 9.16. The van der Waals surface area contributed by atoms with Gasteiger partial charge in [0, 0.05) is 21.9 Å². The van der Waals surface area contributed by atoms with Crippen molar-refractivity contribution in [2.45, 2.75) is 26.3 Å². The summed E-state index contributed by atoms with van der Waals surface area (Å²) in [6.45, 7) is 5.56. The molecule has 30 heavy (non-hydrogen) atoms. The van der Waals surface area contributed by atoms with Crippen molar-refractivity contribution in [2.24, 2.45) is 0 Å². The Labute approximate surface area is 174 Å². The molecular formula is C25H20BN4+. The van der Waals surface area contributed by atoms with Gasteiger partial charge < -0.3 is 9.29 Å². The molecule has 5 heteroatoms. The van der Waals surface area contributed by atoms with Crippen molar-refractivity contribution in [2.75, 3.05) is 4.81 Å². The minimum absolute atomic E-state index is 0.0990. The van der Waals surface area contributed by atoms with E-state index in [9.17, 15) is 0 Å². The number of rotatable bonds is 1. The van der Waals surface area contributed by atoms with Crippen LogP contribution in [0.5, 0.6) is 0 Å². The lowest BCUT2D eigenvalue weighted by Crippen LogP contribution is -2.65. The molecule has 8 rings (SSSR count). The van der Waals surface area contributed by atoms with E-state index in [0.29, 0.717) is 5.92 Å². The molecule has 0 unspecified atom stereocenters. The summed E-state index contributed by atoms with van der Waals surface area (Å²) in [7, 11) is 0.0990. The van der Waals surface area contributed by atoms with Gasteiger partial charge in [-0.15, -0.1) is 0 Å². The third-order valence-corrected chi connectivity index (χ3v) is 7.32. The lowest BCUT2D eigenvalue weighted by Gasteiger charge is -2.29. The number of aromatic nitrogens is 3. The quantitative estimate of drug-likeness (QED) is 0.368. The largest absolute Gasteiger partial charge is 0.643 e. The van der Waals surface area contributed by atoms with Crippen LogP contribution in [-0.2, 0) is 6.54 Å². The lowest BCUT2D eigenvalue weighted by atomic mass is 9.82. The number of nitrogens with zero attached hydrogens (tertiary/aromatic N) is 4. The smallest absolute Gasteiger partial charge is 0.320 e. The molecule has 4 nitrogen and oxygen atoms in total. The summed E-state index contributed by atoms with van der Waals surface area (Å²) in [5.74, 6) is 1.85. The van der Waals surface area contributed by atoms with Crippen LogP contribution in [0.1, 0.15) is 30.9 Å². The molecule has 0 radical (unpaired) electrons. The molecule has 0 aliphatic carbocycles. The van der Waals surface area contributed by atoms with E-state index < -0.39 is 0 Å². The summed E-state index contributed by atoms with van der Waals surface area (Å²) >= 11 is 0. The van der Waals surface area contributed by atoms with Gasteiger partial charge in [-0.25, -0.2) is 4.57 Å². The Balaban J connectivity index is 1.57. The number of para-hydroxylation sites is 2. The van der Waals surface area contributed by atoms with E-state index in [1.54, 1.807) is 0 Å². The molecule has 0 fully saturated rings. The van der Waals surface area contributed by atoms with Gasteiger partial charge in [0.05, 0.1) is 22.5 Å². The van der Waals surface area contributed by atoms with Crippen LogP contribution in [0.25, 0.3) is 33.2 Å². The predicted octanol–water partition coefficient (Wildman–Crippen LogP) is 4.88. The maximum Gasteiger partial charge on any atom is 0.643 e. The summed E-state index contributed by atoms with van der Waals surface area (Å²) < 4.78 is 7.44. The van der Waals surface area contributed by atoms with Crippen LogP contribution >= 0.6 is 0 Å². The van der Waals surface area contributed by atoms with Gasteiger partial charge in [-0.3, -0.25) is 4.48 Å². The van der Waals surface area contributed by atoms with Gasteiger partial charge in [-0.1, -0.05) is 50.2 Å². The molecule has 5 aromatic rings. The fraction of sp³-hybridized carbons (Fsp3) is 0.160. The van der Waals surface area contributed by atoms with Crippen LogP contribution in [0.2, 0.25) is 0 Å². The molecule has 2 aromatic heterocycles. The number of fused-ring (bicyclic) bond motifs is 8. The molecule has 0 amide bonds. The standard InChI is InChI=1S/C25H20BN4/c1-15(2)16-12-17-14-27-10-11-28-25(27)23(17)22(13-16)29-21-9-5-7-19-18-6-3-4-8-20(18)30(24(19)21)26(28)29/h3-13,15H,14H2,1-2H3/q+1. The lowest BCUT2D eigenvalue weighted by molar-refractivity contribution is -0.527. The van der Waals surface area contributed by atoms with Crippen LogP contribution in [-0.4, -0.2) is 16.2 Å². The van der Waals surface area contributed by atoms with E-state index in [1.165, 1.54) is 55.7 Å². The maximum atomic E-state index is 2.57. The maximum absolute atomic E-state index is 2.57. The van der Waals surface area contributed by atoms with Crippen molar-refractivity contribution >= 4 is 40.3 Å². The molecule has 0 saturated carbocycles. The van der Waals surface area contributed by atoms with Crippen LogP contribution in [0.3, 0.4) is 0 Å². The van der Waals surface area contributed by atoms with Gasteiger partial charge >= 0.3 is 7.12 Å². The zero-order chi connectivity index (χ0) is 19.7. The van der Waals surface area contributed by atoms with Crippen LogP contribution in [0.4, 0.5) is 11.4 Å². The van der Waals surface area contributed by atoms with Gasteiger partial charge in [-0.2, -0.15) is 0 Å². The first-order valence-electron chi connectivity index (χ1n) is 10.8. The van der Waals surface area contributed by atoms with E-state index in [1.807, 2.05) is 0 Å². The monoisotopic (exact) mass is 387 g/mol. The highest BCUT2D eigenvalue weighted by atomic mass is 15.4. The fourth-order valence-electron chi connectivity index (χ4n) is 6.04. The first-order valence-corrected chi connectivity index (χ1v) is 10.8. The first-order chi connectivity index (χ1) is 14.7. The van der Waals surface area contributed by atoms with Gasteiger partial charge in [0.25, 0.3) is 5.82 Å². The molecular weight excluding hydrogens is 367 g/mol. The van der Waals surface area contributed by atoms with E-state index >= 15 is 0 Å². The Hall–Kier alpha value is -3.47. The second-order valence-electron chi connectivity index (χ2n) is 9.16. The Morgan fingerprint density at radius 2 is 1.83 bits per heavy atom. The van der Waals surface area contributed by atoms with Crippen LogP contribution in [0.15, 0.2) is 67.0 Å². The van der Waals surface area contributed by atoms with E-state index in [2.05, 4.69) is 99.2 Å². The normalized spacial score (nSPS) is 15.0. The van der Waals surface area contributed by atoms with Crippen molar-refractivity contribution in [3.63, 3.8) is 0 Å². The van der Waals surface area contributed by atoms with Crippen molar-refractivity contribution in [3.8, 4) is 11.4 Å². The van der Waals surface area contributed by atoms with E-state index in [0.717, 1.165) is 6.54 Å². The van der Waals surface area contributed by atoms with Crippen molar-refractivity contribution in [1.82, 2.24) is 9.05 Å². The van der Waals surface area contributed by atoms with Crippen molar-refractivity contribution < 1.29 is 4.48 Å². The Kier molecular flexibility index (Phi) is 2.47. The molecule has 5 heterocycles. The SMILES string of the molecule is CC(C)c1cc2c3c(c1)N1B(n4c5ccccc5c5cccc1c54)[n+]1ccn(c1-3)C2. The average molecular weight is 387 g/mol. The van der Waals surface area contributed by atoms with E-state index in [-0.39, 0.29) is 7.12 Å². The third kappa shape index (κ3) is 1.52. The minimum atomic E-state index is 0.0990. The summed E-state index contributed by atoms with van der Waals surface area (Å²) in [6.07, 6.45) is 4.52. The first kappa shape index (κ1) is 15.4. The number of benzene rings is 3. The molecule has 0 atom stereocenters. The summed E-state index contributed by atoms with van der Waals surface area (Å²) in [6, 6.07) is 20.5. The molecule has 0 spiro atoms. The van der Waals surface area contributed by atoms with Crippen LogP contribution < -0.4 is 9.29 Å². The van der Waals surface area contributed by atoms with Gasteiger partial charge in [0.2, 0.25) is 0 Å². The van der Waals surface area contributed by atoms with Crippen molar-refractivity contribution in [1.29, 1.82) is 0 Å². The number of anilines is 2. The molecule has 142 valence electrons. The summed E-state index contributed by atoms with van der Waals surface area (Å²) in [5, 5.41) is 2.69. The summed E-state index contributed by atoms with van der Waals surface area (Å²) in [5.41, 5.74) is 9.62. The van der Waals surface area contributed by atoms with Gasteiger partial charge in [0.1, 0.15) is 18.9 Å². The molecule has 0 bridgehead atoms. The number of hydrogen-bond donors (Lipinski definition) is 0. The number of hydrogen-bond acceptors (Lipinski definition) is 1. The Bertz CT molecular complexity index is 1570. The van der Waals surface area contributed by atoms with E-state index in [4.69, 9.17) is 0 Å². The minimum Gasteiger partial charge on any atom is -0.320 e. The molecule has 3 aliphatic heterocycles. The highest BCUT2D eigenvalue weighted by Crippen LogP contribution is 2.50. The fourth-order valence-corrected chi connectivity index (χ4v) is 6.04. The second kappa shape index (κ2) is 4.81. The highest BCUT2D eigenvalue weighted by molar-refractivity contribution is 6.62. The van der Waals surface area contributed by atoms with Crippen molar-refractivity contribution in [3.05, 3.63) is 78.1 Å². The van der Waals surface area contributed by atoms with Gasteiger partial charge in [-0.05, 0) is 29.7 Å². The predicted molar refractivity (Wildman–Crippen MR) is 121 cm³/mol. The van der Waals surface area contributed by atoms with Crippen LogP contribution in [0, 0.1) is 0 Å². The molecule has 0 N–H and O–H groups in total. The molecule has 3 aromatic carbocycles. The molecule has 0 saturated heterocycles. The highest BCUT2D eigenvalue weighted by Gasteiger charge is 2.54. The number of imidazole rings is 1. The molecule has 3 aliphatic rings. The third-order valence-electron chi connectivity index (χ3n) is 7.32. The average Bonchev–Trinajstić information content (AvgIpc) is 3.49. The zero-order valence-corrected chi connectivity index (χ0v) is 17.0. The van der Waals surface area contributed by atoms with Gasteiger partial charge in [0.15, 0.2) is 0 Å². The zero-order valence-electron chi connectivity index (χ0n) is 17.0. The Morgan fingerprint density at radius 1 is 0.967 bits per heavy atom. The topological polar surface area (TPSA) is 17.0 Å².